The van der Waals surface area contributed by atoms with Gasteiger partial charge < -0.3 is 9.72 Å². The van der Waals surface area contributed by atoms with Gasteiger partial charge in [-0.25, -0.2) is 4.98 Å². The summed E-state index contributed by atoms with van der Waals surface area (Å²) in [6, 6.07) is 10.7. The number of pyridine rings is 2. The Morgan fingerprint density at radius 3 is 2.88 bits per heavy atom. The summed E-state index contributed by atoms with van der Waals surface area (Å²) in [5, 5.41) is 0. The molecule has 2 heterocycles. The van der Waals surface area contributed by atoms with Crippen molar-refractivity contribution in [2.24, 2.45) is 0 Å². The minimum absolute atomic E-state index is 0.0619. The molecule has 0 fully saturated rings. The molecule has 0 aliphatic heterocycles. The number of rotatable bonds is 5. The van der Waals surface area contributed by atoms with Crippen LogP contribution in [0.15, 0.2) is 47.4 Å². The average molecular weight is 230 g/mol. The van der Waals surface area contributed by atoms with E-state index in [9.17, 15) is 4.79 Å². The third-order valence-electron chi connectivity index (χ3n) is 2.31. The molecule has 4 nitrogen and oxygen atoms in total. The number of hydrogen-bond donors (Lipinski definition) is 1. The predicted octanol–water partition coefficient (Wildman–Crippen LogP) is 1.78. The second kappa shape index (κ2) is 5.84. The summed E-state index contributed by atoms with van der Waals surface area (Å²) >= 11 is 0. The lowest BCUT2D eigenvalue weighted by atomic mass is 10.2. The van der Waals surface area contributed by atoms with E-state index in [4.69, 9.17) is 4.74 Å². The highest BCUT2D eigenvalue weighted by Crippen LogP contribution is 2.04. The minimum Gasteiger partial charge on any atom is -0.478 e. The Bertz CT molecular complexity index is 508. The van der Waals surface area contributed by atoms with Gasteiger partial charge in [-0.1, -0.05) is 12.1 Å². The van der Waals surface area contributed by atoms with Gasteiger partial charge in [0, 0.05) is 24.0 Å². The third-order valence-corrected chi connectivity index (χ3v) is 2.31. The fourth-order valence-electron chi connectivity index (χ4n) is 1.51. The zero-order chi connectivity index (χ0) is 11.9. The Kier molecular flexibility index (Phi) is 3.91. The lowest BCUT2D eigenvalue weighted by molar-refractivity contribution is 0.299. The molecule has 0 saturated heterocycles. The molecule has 0 amide bonds. The van der Waals surface area contributed by atoms with Crippen molar-refractivity contribution in [2.45, 2.75) is 12.8 Å². The van der Waals surface area contributed by atoms with E-state index in [0.717, 1.165) is 18.5 Å². The maximum atomic E-state index is 11.0. The van der Waals surface area contributed by atoms with Gasteiger partial charge in [-0.2, -0.15) is 0 Å². The van der Waals surface area contributed by atoms with Gasteiger partial charge in [0.05, 0.1) is 6.61 Å². The van der Waals surface area contributed by atoms with Crippen LogP contribution in [0, 0.1) is 0 Å². The first-order valence-corrected chi connectivity index (χ1v) is 5.56. The summed E-state index contributed by atoms with van der Waals surface area (Å²) in [6.07, 6.45) is 3.34. The molecular weight excluding hydrogens is 216 g/mol. The first-order chi connectivity index (χ1) is 8.34. The number of nitrogens with zero attached hydrogens (tertiary/aromatic N) is 1. The molecule has 0 saturated carbocycles. The molecule has 2 aromatic heterocycles. The largest absolute Gasteiger partial charge is 0.478 e. The molecule has 0 aromatic carbocycles. The van der Waals surface area contributed by atoms with Crippen LogP contribution in [-0.4, -0.2) is 16.6 Å². The molecular formula is C13H14N2O2. The van der Waals surface area contributed by atoms with Crippen LogP contribution in [0.1, 0.15) is 12.1 Å². The van der Waals surface area contributed by atoms with Gasteiger partial charge in [-0.05, 0) is 25.0 Å². The van der Waals surface area contributed by atoms with Crippen LogP contribution in [0.5, 0.6) is 5.88 Å². The number of H-pyrrole nitrogens is 1. The van der Waals surface area contributed by atoms with Crippen LogP contribution >= 0.6 is 0 Å². The zero-order valence-electron chi connectivity index (χ0n) is 9.43. The van der Waals surface area contributed by atoms with Gasteiger partial charge in [-0.15, -0.1) is 0 Å². The van der Waals surface area contributed by atoms with E-state index in [0.29, 0.717) is 12.5 Å². The molecule has 0 aliphatic carbocycles. The van der Waals surface area contributed by atoms with Gasteiger partial charge in [0.2, 0.25) is 11.4 Å². The summed E-state index contributed by atoms with van der Waals surface area (Å²) in [4.78, 5) is 17.9. The second-order valence-corrected chi connectivity index (χ2v) is 3.66. The molecule has 1 N–H and O–H groups in total. The Morgan fingerprint density at radius 2 is 2.12 bits per heavy atom. The SMILES string of the molecule is O=c1cccc(CCCOc2ccccn2)[nH]1. The number of aromatic amines is 1. The van der Waals surface area contributed by atoms with Crippen molar-refractivity contribution < 1.29 is 4.74 Å². The van der Waals surface area contributed by atoms with Crippen molar-refractivity contribution >= 4 is 0 Å². The monoisotopic (exact) mass is 230 g/mol. The maximum Gasteiger partial charge on any atom is 0.248 e. The Hall–Kier alpha value is -2.10. The van der Waals surface area contributed by atoms with E-state index < -0.39 is 0 Å². The molecule has 0 unspecified atom stereocenters. The normalized spacial score (nSPS) is 10.1. The maximum absolute atomic E-state index is 11.0. The standard InChI is InChI=1S/C13H14N2O2/c16-12-7-3-5-11(15-12)6-4-10-17-13-8-1-2-9-14-13/h1-3,5,7-9H,4,6,10H2,(H,15,16). The van der Waals surface area contributed by atoms with Crippen LogP contribution in [0.4, 0.5) is 0 Å². The Labute approximate surface area is 99.3 Å². The number of aryl methyl sites for hydroxylation is 1. The predicted molar refractivity (Wildman–Crippen MR) is 65.1 cm³/mol. The van der Waals surface area contributed by atoms with Crippen molar-refractivity contribution in [1.82, 2.24) is 9.97 Å². The topological polar surface area (TPSA) is 55.0 Å². The first kappa shape index (κ1) is 11.4. The quantitative estimate of drug-likeness (QED) is 0.796. The van der Waals surface area contributed by atoms with Crippen LogP contribution in [0.3, 0.4) is 0 Å². The molecule has 17 heavy (non-hydrogen) atoms. The van der Waals surface area contributed by atoms with Crippen molar-refractivity contribution in [3.05, 3.63) is 58.6 Å². The van der Waals surface area contributed by atoms with Gasteiger partial charge in [0.15, 0.2) is 0 Å². The molecule has 2 rings (SSSR count). The second-order valence-electron chi connectivity index (χ2n) is 3.66. The van der Waals surface area contributed by atoms with Crippen molar-refractivity contribution in [3.8, 4) is 5.88 Å². The molecule has 0 atom stereocenters. The highest BCUT2D eigenvalue weighted by molar-refractivity contribution is 5.09. The van der Waals surface area contributed by atoms with Crippen molar-refractivity contribution in [3.63, 3.8) is 0 Å². The molecule has 0 spiro atoms. The molecule has 0 bridgehead atoms. The molecule has 0 radical (unpaired) electrons. The van der Waals surface area contributed by atoms with E-state index >= 15 is 0 Å². The average Bonchev–Trinajstić information content (AvgIpc) is 2.36. The smallest absolute Gasteiger partial charge is 0.248 e. The Morgan fingerprint density at radius 1 is 1.18 bits per heavy atom. The third kappa shape index (κ3) is 3.75. The minimum atomic E-state index is -0.0619. The Balaban J connectivity index is 1.75. The molecule has 2 aromatic rings. The summed E-state index contributed by atoms with van der Waals surface area (Å²) in [5.41, 5.74) is 0.871. The van der Waals surface area contributed by atoms with E-state index in [1.54, 1.807) is 12.3 Å². The van der Waals surface area contributed by atoms with Crippen molar-refractivity contribution in [1.29, 1.82) is 0 Å². The fraction of sp³-hybridized carbons (Fsp3) is 0.231. The van der Waals surface area contributed by atoms with E-state index in [2.05, 4.69) is 9.97 Å². The summed E-state index contributed by atoms with van der Waals surface area (Å²) in [7, 11) is 0. The van der Waals surface area contributed by atoms with Gasteiger partial charge in [-0.3, -0.25) is 4.79 Å². The van der Waals surface area contributed by atoms with Crippen LogP contribution in [0.2, 0.25) is 0 Å². The molecule has 0 aliphatic rings. The highest BCUT2D eigenvalue weighted by atomic mass is 16.5. The van der Waals surface area contributed by atoms with Gasteiger partial charge in [0.1, 0.15) is 0 Å². The number of ether oxygens (including phenoxy) is 1. The lowest BCUT2D eigenvalue weighted by Crippen LogP contribution is -2.07. The number of aromatic nitrogens is 2. The van der Waals surface area contributed by atoms with Crippen LogP contribution in [0.25, 0.3) is 0 Å². The number of hydrogen-bond acceptors (Lipinski definition) is 3. The lowest BCUT2D eigenvalue weighted by Gasteiger charge is -2.04. The highest BCUT2D eigenvalue weighted by Gasteiger charge is 1.96. The zero-order valence-corrected chi connectivity index (χ0v) is 9.43. The van der Waals surface area contributed by atoms with Gasteiger partial charge >= 0.3 is 0 Å². The van der Waals surface area contributed by atoms with Gasteiger partial charge in [0.25, 0.3) is 0 Å². The van der Waals surface area contributed by atoms with E-state index in [-0.39, 0.29) is 5.56 Å². The van der Waals surface area contributed by atoms with Crippen molar-refractivity contribution in [2.75, 3.05) is 6.61 Å². The number of nitrogens with one attached hydrogen (secondary N) is 1. The van der Waals surface area contributed by atoms with E-state index in [1.807, 2.05) is 24.3 Å². The first-order valence-electron chi connectivity index (χ1n) is 5.56. The molecule has 88 valence electrons. The van der Waals surface area contributed by atoms with E-state index in [1.165, 1.54) is 6.07 Å². The summed E-state index contributed by atoms with van der Waals surface area (Å²) < 4.78 is 5.45. The van der Waals surface area contributed by atoms with Crippen LogP contribution < -0.4 is 10.3 Å². The summed E-state index contributed by atoms with van der Waals surface area (Å²) in [6.45, 7) is 0.591. The van der Waals surface area contributed by atoms with Crippen LogP contribution in [-0.2, 0) is 6.42 Å². The molecule has 4 heteroatoms. The summed E-state index contributed by atoms with van der Waals surface area (Å²) in [5.74, 6) is 0.633. The fourth-order valence-corrected chi connectivity index (χ4v) is 1.51.